The third-order valence-electron chi connectivity index (χ3n) is 3.06. The maximum Gasteiger partial charge on any atom is 0.261 e. The highest BCUT2D eigenvalue weighted by molar-refractivity contribution is 7.92. The van der Waals surface area contributed by atoms with Crippen LogP contribution < -0.4 is 14.4 Å². The summed E-state index contributed by atoms with van der Waals surface area (Å²) in [5.41, 5.74) is 0.527. The fourth-order valence-electron chi connectivity index (χ4n) is 1.70. The number of carbonyl (C=O) groups excluding carboxylic acids is 1. The van der Waals surface area contributed by atoms with Crippen molar-refractivity contribution in [2.45, 2.75) is 19.4 Å². The van der Waals surface area contributed by atoms with E-state index >= 15 is 0 Å². The molecule has 1 atom stereocenters. The largest absolute Gasteiger partial charge is 0.481 e. The zero-order valence-electron chi connectivity index (χ0n) is 13.1. The van der Waals surface area contributed by atoms with Gasteiger partial charge in [0, 0.05) is 13.6 Å². The van der Waals surface area contributed by atoms with Crippen molar-refractivity contribution in [1.82, 2.24) is 5.32 Å². The minimum Gasteiger partial charge on any atom is -0.481 e. The molecule has 1 amide bonds. The predicted molar refractivity (Wildman–Crippen MR) is 87.6 cm³/mol. The van der Waals surface area contributed by atoms with E-state index in [4.69, 9.17) is 4.74 Å². The first-order chi connectivity index (χ1) is 10.3. The molecular weight excluding hydrogens is 304 g/mol. The molecule has 22 heavy (non-hydrogen) atoms. The van der Waals surface area contributed by atoms with Crippen LogP contribution in [0.15, 0.2) is 36.9 Å². The maximum atomic E-state index is 11.9. The monoisotopic (exact) mass is 326 g/mol. The van der Waals surface area contributed by atoms with Gasteiger partial charge in [-0.25, -0.2) is 8.42 Å². The highest BCUT2D eigenvalue weighted by atomic mass is 32.2. The average Bonchev–Trinajstić information content (AvgIpc) is 2.49. The van der Waals surface area contributed by atoms with Crippen LogP contribution in [0, 0.1) is 0 Å². The highest BCUT2D eigenvalue weighted by Gasteiger charge is 2.18. The number of hydrogen-bond donors (Lipinski definition) is 1. The van der Waals surface area contributed by atoms with Crippen molar-refractivity contribution in [2.24, 2.45) is 0 Å². The number of benzene rings is 1. The fraction of sp³-hybridized carbons (Fsp3) is 0.400. The molecule has 0 aliphatic heterocycles. The molecule has 1 aromatic rings. The molecule has 0 aliphatic carbocycles. The van der Waals surface area contributed by atoms with E-state index in [0.29, 0.717) is 24.4 Å². The van der Waals surface area contributed by atoms with Crippen LogP contribution in [0.1, 0.15) is 13.3 Å². The van der Waals surface area contributed by atoms with Crippen LogP contribution in [0.25, 0.3) is 0 Å². The Morgan fingerprint density at radius 3 is 2.45 bits per heavy atom. The van der Waals surface area contributed by atoms with Crippen LogP contribution in [-0.4, -0.2) is 40.3 Å². The van der Waals surface area contributed by atoms with Crippen LogP contribution in [0.5, 0.6) is 5.75 Å². The summed E-state index contributed by atoms with van der Waals surface area (Å²) in [7, 11) is -1.83. The summed E-state index contributed by atoms with van der Waals surface area (Å²) in [6.45, 7) is 5.78. The minimum absolute atomic E-state index is 0.209. The van der Waals surface area contributed by atoms with Crippen molar-refractivity contribution in [3.05, 3.63) is 36.9 Å². The van der Waals surface area contributed by atoms with Crippen LogP contribution in [0.3, 0.4) is 0 Å². The quantitative estimate of drug-likeness (QED) is 0.735. The Balaban J connectivity index is 2.78. The van der Waals surface area contributed by atoms with Gasteiger partial charge in [-0.3, -0.25) is 9.10 Å². The molecule has 0 aliphatic rings. The van der Waals surface area contributed by atoms with Gasteiger partial charge in [-0.05, 0) is 30.7 Å². The molecule has 0 spiro atoms. The Hall–Kier alpha value is -2.02. The molecule has 0 heterocycles. The molecule has 0 radical (unpaired) electrons. The van der Waals surface area contributed by atoms with Gasteiger partial charge in [0.25, 0.3) is 5.91 Å². The van der Waals surface area contributed by atoms with E-state index in [-0.39, 0.29) is 5.91 Å². The van der Waals surface area contributed by atoms with Gasteiger partial charge in [0.2, 0.25) is 10.0 Å². The summed E-state index contributed by atoms with van der Waals surface area (Å²) < 4.78 is 29.7. The lowest BCUT2D eigenvalue weighted by Crippen LogP contribution is -2.38. The van der Waals surface area contributed by atoms with E-state index in [1.807, 2.05) is 6.92 Å². The van der Waals surface area contributed by atoms with Crippen LogP contribution >= 0.6 is 0 Å². The second-order valence-electron chi connectivity index (χ2n) is 4.77. The lowest BCUT2D eigenvalue weighted by molar-refractivity contribution is -0.127. The molecule has 122 valence electrons. The maximum absolute atomic E-state index is 11.9. The summed E-state index contributed by atoms with van der Waals surface area (Å²) in [6.07, 6.45) is 2.65. The second-order valence-corrected chi connectivity index (χ2v) is 6.79. The van der Waals surface area contributed by atoms with E-state index in [9.17, 15) is 13.2 Å². The summed E-state index contributed by atoms with van der Waals surface area (Å²) >= 11 is 0. The predicted octanol–water partition coefficient (Wildman–Crippen LogP) is 1.54. The molecule has 6 nitrogen and oxygen atoms in total. The van der Waals surface area contributed by atoms with Crippen LogP contribution in [0.4, 0.5) is 5.69 Å². The standard InChI is InChI=1S/C15H22N2O4S/c1-5-11-16-15(18)14(6-2)21-13-9-7-12(8-10-13)17(3)22(4,19)20/h5,7-10,14H,1,6,11H2,2-4H3,(H,16,18)/t14-/m1/s1. The van der Waals surface area contributed by atoms with Gasteiger partial charge in [-0.1, -0.05) is 13.0 Å². The second kappa shape index (κ2) is 7.84. The molecule has 0 aromatic heterocycles. The Morgan fingerprint density at radius 2 is 2.00 bits per heavy atom. The molecule has 0 saturated carbocycles. The minimum atomic E-state index is -3.30. The van der Waals surface area contributed by atoms with Gasteiger partial charge in [0.1, 0.15) is 5.75 Å². The van der Waals surface area contributed by atoms with Gasteiger partial charge >= 0.3 is 0 Å². The normalized spacial score (nSPS) is 12.3. The van der Waals surface area contributed by atoms with Gasteiger partial charge in [-0.2, -0.15) is 0 Å². The summed E-state index contributed by atoms with van der Waals surface area (Å²) in [6, 6.07) is 6.54. The van der Waals surface area contributed by atoms with E-state index in [2.05, 4.69) is 11.9 Å². The topological polar surface area (TPSA) is 75.7 Å². The molecule has 0 bridgehead atoms. The Kier molecular flexibility index (Phi) is 6.42. The van der Waals surface area contributed by atoms with E-state index in [1.54, 1.807) is 30.3 Å². The summed E-state index contributed by atoms with van der Waals surface area (Å²) in [5.74, 6) is 0.297. The number of amides is 1. The van der Waals surface area contributed by atoms with Gasteiger partial charge in [0.05, 0.1) is 11.9 Å². The molecule has 0 fully saturated rings. The molecule has 7 heteroatoms. The van der Waals surface area contributed by atoms with E-state index in [0.717, 1.165) is 6.26 Å². The van der Waals surface area contributed by atoms with Crippen molar-refractivity contribution < 1.29 is 17.9 Å². The lowest BCUT2D eigenvalue weighted by Gasteiger charge is -2.19. The third kappa shape index (κ3) is 5.07. The first-order valence-electron chi connectivity index (χ1n) is 6.88. The van der Waals surface area contributed by atoms with Gasteiger partial charge in [0.15, 0.2) is 6.10 Å². The number of ether oxygens (including phenoxy) is 1. The first-order valence-corrected chi connectivity index (χ1v) is 8.73. The van der Waals surface area contributed by atoms with Crippen LogP contribution in [0.2, 0.25) is 0 Å². The average molecular weight is 326 g/mol. The van der Waals surface area contributed by atoms with E-state index in [1.165, 1.54) is 11.4 Å². The highest BCUT2D eigenvalue weighted by Crippen LogP contribution is 2.21. The smallest absolute Gasteiger partial charge is 0.261 e. The number of nitrogens with one attached hydrogen (secondary N) is 1. The fourth-order valence-corrected chi connectivity index (χ4v) is 2.20. The van der Waals surface area contributed by atoms with E-state index < -0.39 is 16.1 Å². The zero-order chi connectivity index (χ0) is 16.8. The Morgan fingerprint density at radius 1 is 1.41 bits per heavy atom. The molecule has 0 unspecified atom stereocenters. The molecule has 1 rings (SSSR count). The number of nitrogens with zero attached hydrogens (tertiary/aromatic N) is 1. The SMILES string of the molecule is C=CCNC(=O)[C@@H](CC)Oc1ccc(N(C)S(C)(=O)=O)cc1. The number of sulfonamides is 1. The van der Waals surface area contributed by atoms with Crippen molar-refractivity contribution in [1.29, 1.82) is 0 Å². The number of rotatable bonds is 8. The summed E-state index contributed by atoms with van der Waals surface area (Å²) in [4.78, 5) is 11.9. The zero-order valence-corrected chi connectivity index (χ0v) is 13.9. The van der Waals surface area contributed by atoms with Crippen molar-refractivity contribution in [2.75, 3.05) is 24.2 Å². The van der Waals surface area contributed by atoms with Gasteiger partial charge < -0.3 is 10.1 Å². The first kappa shape index (κ1) is 18.0. The number of carbonyl (C=O) groups is 1. The van der Waals surface area contributed by atoms with Gasteiger partial charge in [-0.15, -0.1) is 6.58 Å². The molecule has 1 aromatic carbocycles. The lowest BCUT2D eigenvalue weighted by atomic mass is 10.2. The molecule has 0 saturated heterocycles. The Labute approximate surface area is 131 Å². The number of anilines is 1. The molecular formula is C15H22N2O4S. The number of hydrogen-bond acceptors (Lipinski definition) is 4. The summed E-state index contributed by atoms with van der Waals surface area (Å²) in [5, 5.41) is 2.68. The van der Waals surface area contributed by atoms with Crippen LogP contribution in [-0.2, 0) is 14.8 Å². The third-order valence-corrected chi connectivity index (χ3v) is 4.27. The van der Waals surface area contributed by atoms with Crippen molar-refractivity contribution >= 4 is 21.6 Å². The molecule has 1 N–H and O–H groups in total. The Bertz CT molecular complexity index is 611. The van der Waals surface area contributed by atoms with Crippen molar-refractivity contribution in [3.8, 4) is 5.75 Å². The van der Waals surface area contributed by atoms with Crippen molar-refractivity contribution in [3.63, 3.8) is 0 Å².